The van der Waals surface area contributed by atoms with Gasteiger partial charge >= 0.3 is 0 Å². The van der Waals surface area contributed by atoms with E-state index in [2.05, 4.69) is 26.3 Å². The maximum Gasteiger partial charge on any atom is 0.212 e. The Balaban J connectivity index is 0.000000328. The minimum atomic E-state index is -1.67. The number of carbonyl (C=O) groups excluding carboxylic acids is 1. The monoisotopic (exact) mass is 329 g/mol. The number of methoxy groups -OCH3 is 1. The molecule has 0 aliphatic heterocycles. The number of nitrogens with zero attached hydrogens (tertiary/aromatic N) is 1. The molecule has 0 amide bonds. The maximum atomic E-state index is 12.0. The van der Waals surface area contributed by atoms with Gasteiger partial charge in [0.2, 0.25) is 15.0 Å². The fourth-order valence-corrected chi connectivity index (χ4v) is 2.00. The van der Waals surface area contributed by atoms with Gasteiger partial charge in [-0.3, -0.25) is 9.78 Å². The van der Waals surface area contributed by atoms with Gasteiger partial charge in [-0.1, -0.05) is 6.07 Å². The van der Waals surface area contributed by atoms with E-state index in [1.807, 2.05) is 18.2 Å². The van der Waals surface area contributed by atoms with Crippen molar-refractivity contribution in [1.82, 2.24) is 4.98 Å². The van der Waals surface area contributed by atoms with E-state index in [0.717, 1.165) is 16.9 Å². The number of pyridine rings is 1. The van der Waals surface area contributed by atoms with Crippen LogP contribution in [0.4, 0.5) is 0 Å². The molecule has 1 aromatic heterocycles. The summed E-state index contributed by atoms with van der Waals surface area (Å²) in [6.45, 7) is 0. The van der Waals surface area contributed by atoms with Crippen LogP contribution >= 0.6 is 21.4 Å². The number of carbonyl (C=O) groups is 1. The summed E-state index contributed by atoms with van der Waals surface area (Å²) >= 11 is 0. The number of halogens is 2. The number of hydrogen-bond acceptors (Lipinski definition) is 4. The van der Waals surface area contributed by atoms with Crippen LogP contribution in [0.25, 0.3) is 11.1 Å². The largest absolute Gasteiger partial charge is 0.497 e. The molecule has 104 valence electrons. The second kappa shape index (κ2) is 6.35. The predicted octanol–water partition coefficient (Wildman–Crippen LogP) is 3.34. The standard InChI is InChI=1S/C13H9NO2.Cl2OS/c1-16-8-4-5-10-11(7-8)9-3-2-6-14-12(9)13(10)15;1-4(2)3/h2-7H,1H3;. The molecule has 4 nitrogen and oxygen atoms in total. The summed E-state index contributed by atoms with van der Waals surface area (Å²) in [6, 6.07) is 9.20. The van der Waals surface area contributed by atoms with E-state index in [4.69, 9.17) is 8.95 Å². The van der Waals surface area contributed by atoms with Gasteiger partial charge in [-0.2, -0.15) is 0 Å². The average molecular weight is 330 g/mol. The predicted molar refractivity (Wildman–Crippen MR) is 79.5 cm³/mol. The maximum absolute atomic E-state index is 12.0. The number of fused-ring (bicyclic) bond motifs is 3. The van der Waals surface area contributed by atoms with Crippen LogP contribution in [0.2, 0.25) is 0 Å². The minimum absolute atomic E-state index is 0.00625. The highest BCUT2D eigenvalue weighted by atomic mass is 36.0. The smallest absolute Gasteiger partial charge is 0.212 e. The van der Waals surface area contributed by atoms with Crippen LogP contribution < -0.4 is 4.74 Å². The molecule has 0 saturated carbocycles. The Kier molecular flexibility index (Phi) is 4.75. The van der Waals surface area contributed by atoms with Crippen LogP contribution in [-0.4, -0.2) is 22.1 Å². The zero-order chi connectivity index (χ0) is 14.7. The van der Waals surface area contributed by atoms with E-state index in [-0.39, 0.29) is 5.78 Å². The first-order valence-electron chi connectivity index (χ1n) is 5.47. The zero-order valence-corrected chi connectivity index (χ0v) is 12.6. The van der Waals surface area contributed by atoms with Gasteiger partial charge < -0.3 is 4.74 Å². The van der Waals surface area contributed by atoms with E-state index in [1.165, 1.54) is 0 Å². The van der Waals surface area contributed by atoms with Crippen molar-refractivity contribution in [3.63, 3.8) is 0 Å². The number of ketones is 1. The van der Waals surface area contributed by atoms with Crippen LogP contribution in [0, 0.1) is 0 Å². The Bertz CT molecular complexity index is 687. The first kappa shape index (κ1) is 15.0. The number of hydrogen-bond donors (Lipinski definition) is 0. The van der Waals surface area contributed by atoms with Crippen LogP contribution in [0.3, 0.4) is 0 Å². The van der Waals surface area contributed by atoms with E-state index in [0.29, 0.717) is 11.3 Å². The molecule has 1 aliphatic carbocycles. The number of benzene rings is 1. The van der Waals surface area contributed by atoms with E-state index >= 15 is 0 Å². The van der Waals surface area contributed by atoms with Gasteiger partial charge in [0, 0.05) is 38.7 Å². The highest BCUT2D eigenvalue weighted by Crippen LogP contribution is 2.37. The molecule has 0 atom stereocenters. The molecule has 0 N–H and O–H groups in total. The van der Waals surface area contributed by atoms with Crippen molar-refractivity contribution in [2.24, 2.45) is 0 Å². The third-order valence-corrected chi connectivity index (χ3v) is 2.78. The fourth-order valence-electron chi connectivity index (χ4n) is 2.00. The molecular weight excluding hydrogens is 321 g/mol. The minimum Gasteiger partial charge on any atom is -0.497 e. The number of rotatable bonds is 1. The summed E-state index contributed by atoms with van der Waals surface area (Å²) in [5.74, 6) is 0.747. The molecule has 2 aromatic rings. The molecule has 7 heteroatoms. The lowest BCUT2D eigenvalue weighted by molar-refractivity contribution is 0.103. The summed E-state index contributed by atoms with van der Waals surface area (Å²) in [6.07, 6.45) is 1.64. The molecule has 1 aliphatic rings. The second-order valence-electron chi connectivity index (χ2n) is 3.82. The van der Waals surface area contributed by atoms with Gasteiger partial charge in [0.15, 0.2) is 0 Å². The fraction of sp³-hybridized carbons (Fsp3) is 0.0769. The Morgan fingerprint density at radius 1 is 1.15 bits per heavy atom. The van der Waals surface area contributed by atoms with E-state index in [1.54, 1.807) is 25.4 Å². The SMILES string of the molecule is COc1ccc2c(c1)-c1cccnc1C2=O.O=S(Cl)Cl. The van der Waals surface area contributed by atoms with Crippen LogP contribution in [0.1, 0.15) is 16.1 Å². The Labute approximate surface area is 127 Å². The molecule has 0 saturated heterocycles. The van der Waals surface area contributed by atoms with Gasteiger partial charge in [0.25, 0.3) is 0 Å². The first-order valence-corrected chi connectivity index (χ1v) is 8.27. The first-order chi connectivity index (χ1) is 9.54. The molecule has 1 aromatic carbocycles. The lowest BCUT2D eigenvalue weighted by Crippen LogP contribution is -1.97. The Morgan fingerprint density at radius 2 is 1.85 bits per heavy atom. The van der Waals surface area contributed by atoms with Crippen LogP contribution in [0.15, 0.2) is 36.5 Å². The van der Waals surface area contributed by atoms with E-state index in [9.17, 15) is 4.79 Å². The molecule has 1 heterocycles. The lowest BCUT2D eigenvalue weighted by atomic mass is 10.1. The van der Waals surface area contributed by atoms with E-state index < -0.39 is 9.23 Å². The quantitative estimate of drug-likeness (QED) is 0.642. The third-order valence-electron chi connectivity index (χ3n) is 2.78. The van der Waals surface area contributed by atoms with Crippen molar-refractivity contribution >= 4 is 36.4 Å². The van der Waals surface area contributed by atoms with Crippen molar-refractivity contribution < 1.29 is 13.7 Å². The van der Waals surface area contributed by atoms with Gasteiger partial charge in [0.05, 0.1) is 7.11 Å². The summed E-state index contributed by atoms with van der Waals surface area (Å²) < 4.78 is 14.2. The topological polar surface area (TPSA) is 56.3 Å². The number of aromatic nitrogens is 1. The molecule has 0 unspecified atom stereocenters. The Morgan fingerprint density at radius 3 is 2.50 bits per heavy atom. The summed E-state index contributed by atoms with van der Waals surface area (Å²) in [5.41, 5.74) is 3.04. The summed E-state index contributed by atoms with van der Waals surface area (Å²) in [7, 11) is 8.97. The van der Waals surface area contributed by atoms with Gasteiger partial charge in [-0.25, -0.2) is 4.21 Å². The molecule has 3 rings (SSSR count). The zero-order valence-electron chi connectivity index (χ0n) is 10.3. The average Bonchev–Trinajstić information content (AvgIpc) is 2.72. The van der Waals surface area contributed by atoms with Gasteiger partial charge in [-0.15, -0.1) is 0 Å². The van der Waals surface area contributed by atoms with Crippen LogP contribution in [-0.2, 0) is 9.23 Å². The van der Waals surface area contributed by atoms with Crippen molar-refractivity contribution in [2.45, 2.75) is 0 Å². The van der Waals surface area contributed by atoms with Crippen molar-refractivity contribution in [3.8, 4) is 16.9 Å². The highest BCUT2D eigenvalue weighted by Gasteiger charge is 2.27. The highest BCUT2D eigenvalue weighted by molar-refractivity contribution is 8.26. The molecule has 20 heavy (non-hydrogen) atoms. The summed E-state index contributed by atoms with van der Waals surface area (Å²) in [4.78, 5) is 16.1. The normalized spacial score (nSPS) is 11.5. The lowest BCUT2D eigenvalue weighted by Gasteiger charge is -2.02. The van der Waals surface area contributed by atoms with Gasteiger partial charge in [-0.05, 0) is 29.8 Å². The molecular formula is C13H9Cl2NO3S. The summed E-state index contributed by atoms with van der Waals surface area (Å²) in [5, 5.41) is 0. The molecule has 0 bridgehead atoms. The Hall–Kier alpha value is -1.43. The second-order valence-corrected chi connectivity index (χ2v) is 6.35. The van der Waals surface area contributed by atoms with Gasteiger partial charge in [0.1, 0.15) is 11.4 Å². The molecule has 0 fully saturated rings. The molecule has 0 radical (unpaired) electrons. The molecule has 0 spiro atoms. The van der Waals surface area contributed by atoms with Crippen LogP contribution in [0.5, 0.6) is 5.75 Å². The number of ether oxygens (including phenoxy) is 1. The van der Waals surface area contributed by atoms with Crippen molar-refractivity contribution in [3.05, 3.63) is 47.8 Å². The van der Waals surface area contributed by atoms with Crippen molar-refractivity contribution in [1.29, 1.82) is 0 Å². The third kappa shape index (κ3) is 3.00. The van der Waals surface area contributed by atoms with Crippen molar-refractivity contribution in [2.75, 3.05) is 7.11 Å².